The maximum Gasteiger partial charge on any atom is 0.329 e. The first-order chi connectivity index (χ1) is 13.3. The lowest BCUT2D eigenvalue weighted by Crippen LogP contribution is -2.42. The Morgan fingerprint density at radius 1 is 1.21 bits per heavy atom. The number of rotatable bonds is 5. The van der Waals surface area contributed by atoms with E-state index in [1.54, 1.807) is 13.0 Å². The molecule has 0 radical (unpaired) electrons. The van der Waals surface area contributed by atoms with Gasteiger partial charge in [0.05, 0.1) is 11.5 Å². The highest BCUT2D eigenvalue weighted by Gasteiger charge is 2.41. The Hall–Kier alpha value is -2.80. The van der Waals surface area contributed by atoms with Crippen molar-refractivity contribution in [3.8, 4) is 5.69 Å². The molecule has 2 heterocycles. The topological polar surface area (TPSA) is 68.6 Å². The number of hydrogen-bond donors (Lipinski definition) is 0. The number of nitrogens with zero attached hydrogens (tertiary/aromatic N) is 2. The van der Waals surface area contributed by atoms with Gasteiger partial charge in [-0.3, -0.25) is 14.5 Å². The van der Waals surface area contributed by atoms with E-state index >= 15 is 0 Å². The molecule has 1 aliphatic heterocycles. The Morgan fingerprint density at radius 2 is 1.96 bits per heavy atom. The van der Waals surface area contributed by atoms with E-state index in [0.717, 1.165) is 28.0 Å². The molecule has 0 saturated carbocycles. The molecule has 2 aromatic rings. The molecule has 7 heteroatoms. The van der Waals surface area contributed by atoms with Gasteiger partial charge in [-0.15, -0.1) is 0 Å². The van der Waals surface area contributed by atoms with Gasteiger partial charge >= 0.3 is 5.97 Å². The maximum atomic E-state index is 12.7. The van der Waals surface area contributed by atoms with Crippen molar-refractivity contribution in [1.82, 2.24) is 9.47 Å². The molecule has 146 valence electrons. The lowest BCUT2D eigenvalue weighted by atomic mass is 10.1. The number of amides is 2. The predicted molar refractivity (Wildman–Crippen MR) is 109 cm³/mol. The second-order valence-corrected chi connectivity index (χ2v) is 7.54. The molecule has 6 nitrogen and oxygen atoms in total. The molecule has 2 amide bonds. The third kappa shape index (κ3) is 3.75. The highest BCUT2D eigenvalue weighted by molar-refractivity contribution is 8.18. The summed E-state index contributed by atoms with van der Waals surface area (Å²) in [4.78, 5) is 38.2. The van der Waals surface area contributed by atoms with Gasteiger partial charge in [0, 0.05) is 17.6 Å². The molecule has 3 rings (SSSR count). The number of benzene rings is 1. The molecule has 1 fully saturated rings. The molecule has 1 aromatic carbocycles. The summed E-state index contributed by atoms with van der Waals surface area (Å²) in [5, 5.41) is -0.471. The summed E-state index contributed by atoms with van der Waals surface area (Å²) in [5.41, 5.74) is 4.11. The van der Waals surface area contributed by atoms with E-state index in [2.05, 4.69) is 13.0 Å². The fraction of sp³-hybridized carbons (Fsp3) is 0.286. The smallest absolute Gasteiger partial charge is 0.329 e. The molecule has 1 aliphatic rings. The number of carbonyl (C=O) groups excluding carboxylic acids is 3. The van der Waals surface area contributed by atoms with Crippen LogP contribution in [-0.2, 0) is 14.3 Å². The predicted octanol–water partition coefficient (Wildman–Crippen LogP) is 4.08. The average molecular weight is 398 g/mol. The largest absolute Gasteiger partial charge is 0.464 e. The van der Waals surface area contributed by atoms with Crippen LogP contribution in [0.4, 0.5) is 4.79 Å². The Kier molecular flexibility index (Phi) is 5.74. The number of esters is 1. The quantitative estimate of drug-likeness (QED) is 0.561. The molecular weight excluding hydrogens is 376 g/mol. The fourth-order valence-corrected chi connectivity index (χ4v) is 3.83. The van der Waals surface area contributed by atoms with E-state index in [0.29, 0.717) is 0 Å². The summed E-state index contributed by atoms with van der Waals surface area (Å²) in [5.74, 6) is -1.08. The van der Waals surface area contributed by atoms with Crippen LogP contribution in [0, 0.1) is 13.8 Å². The average Bonchev–Trinajstić information content (AvgIpc) is 3.22. The summed E-state index contributed by atoms with van der Waals surface area (Å²) < 4.78 is 6.89. The van der Waals surface area contributed by atoms with E-state index in [1.165, 1.54) is 18.1 Å². The minimum Gasteiger partial charge on any atom is -0.464 e. The van der Waals surface area contributed by atoms with Crippen molar-refractivity contribution in [2.45, 2.75) is 33.7 Å². The summed E-state index contributed by atoms with van der Waals surface area (Å²) in [6.07, 6.45) is 3.58. The number of imide groups is 1. The lowest BCUT2D eigenvalue weighted by molar-refractivity contribution is -0.150. The number of carbonyl (C=O) groups is 3. The maximum absolute atomic E-state index is 12.7. The summed E-state index contributed by atoms with van der Waals surface area (Å²) in [6, 6.07) is 8.92. The monoisotopic (exact) mass is 398 g/mol. The van der Waals surface area contributed by atoms with Crippen LogP contribution in [0.15, 0.2) is 41.4 Å². The lowest BCUT2D eigenvalue weighted by Gasteiger charge is -2.19. The molecule has 1 atom stereocenters. The molecule has 1 saturated heterocycles. The van der Waals surface area contributed by atoms with Gasteiger partial charge in [-0.1, -0.05) is 6.07 Å². The van der Waals surface area contributed by atoms with Crippen LogP contribution in [-0.4, -0.2) is 39.2 Å². The zero-order valence-electron chi connectivity index (χ0n) is 16.3. The number of thioether (sulfide) groups is 1. The second kappa shape index (κ2) is 8.06. The van der Waals surface area contributed by atoms with Crippen molar-refractivity contribution < 1.29 is 19.1 Å². The van der Waals surface area contributed by atoms with Crippen molar-refractivity contribution in [3.05, 3.63) is 58.3 Å². The van der Waals surface area contributed by atoms with Crippen LogP contribution in [0.5, 0.6) is 0 Å². The summed E-state index contributed by atoms with van der Waals surface area (Å²) in [6.45, 7) is 7.47. The first-order valence-corrected chi connectivity index (χ1v) is 9.83. The zero-order chi connectivity index (χ0) is 20.4. The van der Waals surface area contributed by atoms with Crippen molar-refractivity contribution >= 4 is 35.0 Å². The zero-order valence-corrected chi connectivity index (χ0v) is 17.1. The van der Waals surface area contributed by atoms with E-state index < -0.39 is 23.2 Å². The van der Waals surface area contributed by atoms with Crippen molar-refractivity contribution in [2.24, 2.45) is 0 Å². The van der Waals surface area contributed by atoms with Gasteiger partial charge in [0.1, 0.15) is 6.04 Å². The first-order valence-electron chi connectivity index (χ1n) is 9.02. The second-order valence-electron chi connectivity index (χ2n) is 6.55. The van der Waals surface area contributed by atoms with Crippen LogP contribution in [0.25, 0.3) is 11.8 Å². The minimum absolute atomic E-state index is 0.193. The molecular formula is C21H22N2O4S. The molecule has 0 spiro atoms. The molecule has 0 N–H and O–H groups in total. The number of aromatic nitrogens is 1. The number of aryl methyl sites for hydroxylation is 2. The fourth-order valence-electron chi connectivity index (χ4n) is 2.94. The Morgan fingerprint density at radius 3 is 2.64 bits per heavy atom. The van der Waals surface area contributed by atoms with Gasteiger partial charge in [-0.25, -0.2) is 4.79 Å². The number of hydrogen-bond acceptors (Lipinski definition) is 5. The van der Waals surface area contributed by atoms with Gasteiger partial charge in [0.15, 0.2) is 0 Å². The van der Waals surface area contributed by atoms with Crippen molar-refractivity contribution in [2.75, 3.05) is 6.61 Å². The Bertz CT molecular complexity index is 977. The van der Waals surface area contributed by atoms with Gasteiger partial charge in [-0.05, 0) is 80.9 Å². The standard InChI is InChI=1S/C21H22N2O4S/c1-5-27-20(25)15(4)23-19(24)18(28-21(23)26)12-16-7-6-10-22(16)17-9-8-13(2)14(3)11-17/h6-12,15H,5H2,1-4H3/b18-12+/t15-/m1/s1. The van der Waals surface area contributed by atoms with Crippen LogP contribution >= 0.6 is 11.8 Å². The van der Waals surface area contributed by atoms with Crippen LogP contribution in [0.2, 0.25) is 0 Å². The highest BCUT2D eigenvalue weighted by atomic mass is 32.2. The third-order valence-corrected chi connectivity index (χ3v) is 5.55. The minimum atomic E-state index is -0.954. The Balaban J connectivity index is 1.90. The van der Waals surface area contributed by atoms with E-state index in [4.69, 9.17) is 4.74 Å². The van der Waals surface area contributed by atoms with Crippen molar-refractivity contribution in [1.29, 1.82) is 0 Å². The normalized spacial score (nSPS) is 16.7. The summed E-state index contributed by atoms with van der Waals surface area (Å²) in [7, 11) is 0. The van der Waals surface area contributed by atoms with Gasteiger partial charge in [0.25, 0.3) is 11.1 Å². The number of ether oxygens (including phenoxy) is 1. The SMILES string of the molecule is CCOC(=O)[C@@H](C)N1C(=O)S/C(=C/c2cccn2-c2ccc(C)c(C)c2)C1=O. The first kappa shape index (κ1) is 19.9. The molecule has 0 bridgehead atoms. The van der Waals surface area contributed by atoms with Gasteiger partial charge < -0.3 is 9.30 Å². The summed E-state index contributed by atoms with van der Waals surface area (Å²) >= 11 is 0.831. The third-order valence-electron chi connectivity index (χ3n) is 4.67. The molecule has 0 aliphatic carbocycles. The van der Waals surface area contributed by atoms with Gasteiger partial charge in [0.2, 0.25) is 0 Å². The van der Waals surface area contributed by atoms with E-state index in [1.807, 2.05) is 42.0 Å². The van der Waals surface area contributed by atoms with E-state index in [-0.39, 0.29) is 11.5 Å². The van der Waals surface area contributed by atoms with Crippen LogP contribution in [0.3, 0.4) is 0 Å². The van der Waals surface area contributed by atoms with Crippen molar-refractivity contribution in [3.63, 3.8) is 0 Å². The molecule has 0 unspecified atom stereocenters. The van der Waals surface area contributed by atoms with Gasteiger partial charge in [-0.2, -0.15) is 0 Å². The van der Waals surface area contributed by atoms with E-state index in [9.17, 15) is 14.4 Å². The molecule has 1 aromatic heterocycles. The highest BCUT2D eigenvalue weighted by Crippen LogP contribution is 2.34. The van der Waals surface area contributed by atoms with Crippen LogP contribution < -0.4 is 0 Å². The molecule has 28 heavy (non-hydrogen) atoms. The van der Waals surface area contributed by atoms with Crippen LogP contribution in [0.1, 0.15) is 30.7 Å². The Labute approximate surface area is 168 Å².